The number of hydrogen-bond acceptors (Lipinski definition) is 3. The van der Waals surface area contributed by atoms with E-state index in [-0.39, 0.29) is 6.61 Å². The maximum atomic E-state index is 8.53. The lowest BCUT2D eigenvalue weighted by atomic mass is 10.2. The fraction of sp³-hybridized carbons (Fsp3) is 1.00. The molecule has 0 aromatic carbocycles. The van der Waals surface area contributed by atoms with Crippen LogP contribution in [0.25, 0.3) is 0 Å². The SMILES string of the molecule is CC1(CCCO)OCCO1. The van der Waals surface area contributed by atoms with E-state index in [9.17, 15) is 0 Å². The molecule has 0 saturated carbocycles. The van der Waals surface area contributed by atoms with E-state index in [1.807, 2.05) is 6.92 Å². The van der Waals surface area contributed by atoms with Crippen molar-refractivity contribution in [3.05, 3.63) is 0 Å². The third-order valence-corrected chi connectivity index (χ3v) is 1.69. The Labute approximate surface area is 60.9 Å². The third-order valence-electron chi connectivity index (χ3n) is 1.69. The summed E-state index contributed by atoms with van der Waals surface area (Å²) in [5.41, 5.74) is 0. The summed E-state index contributed by atoms with van der Waals surface area (Å²) < 4.78 is 10.6. The van der Waals surface area contributed by atoms with Crippen molar-refractivity contribution in [3.8, 4) is 0 Å². The summed E-state index contributed by atoms with van der Waals surface area (Å²) in [5.74, 6) is -0.414. The molecule has 60 valence electrons. The lowest BCUT2D eigenvalue weighted by Crippen LogP contribution is -2.25. The smallest absolute Gasteiger partial charge is 0.165 e. The molecule has 10 heavy (non-hydrogen) atoms. The van der Waals surface area contributed by atoms with E-state index >= 15 is 0 Å². The molecule has 0 aromatic rings. The third kappa shape index (κ3) is 1.94. The Morgan fingerprint density at radius 2 is 2.00 bits per heavy atom. The highest BCUT2D eigenvalue weighted by Crippen LogP contribution is 2.23. The monoisotopic (exact) mass is 146 g/mol. The molecule has 1 fully saturated rings. The van der Waals surface area contributed by atoms with Crippen molar-refractivity contribution in [1.82, 2.24) is 0 Å². The maximum Gasteiger partial charge on any atom is 0.165 e. The van der Waals surface area contributed by atoms with E-state index in [1.54, 1.807) is 0 Å². The predicted octanol–water partition coefficient (Wildman–Crippen LogP) is 0.522. The van der Waals surface area contributed by atoms with Gasteiger partial charge in [0.2, 0.25) is 0 Å². The molecule has 1 aliphatic heterocycles. The molecule has 1 heterocycles. The number of hydrogen-bond donors (Lipinski definition) is 1. The lowest BCUT2D eigenvalue weighted by Gasteiger charge is -2.21. The summed E-state index contributed by atoms with van der Waals surface area (Å²) in [6, 6.07) is 0. The topological polar surface area (TPSA) is 38.7 Å². The fourth-order valence-corrected chi connectivity index (χ4v) is 1.10. The van der Waals surface area contributed by atoms with Gasteiger partial charge in [0.15, 0.2) is 5.79 Å². The van der Waals surface area contributed by atoms with E-state index in [1.165, 1.54) is 0 Å². The van der Waals surface area contributed by atoms with Gasteiger partial charge in [0.1, 0.15) is 0 Å². The van der Waals surface area contributed by atoms with E-state index in [2.05, 4.69) is 0 Å². The molecule has 3 nitrogen and oxygen atoms in total. The molecule has 0 amide bonds. The average Bonchev–Trinajstić information content (AvgIpc) is 2.33. The van der Waals surface area contributed by atoms with Crippen LogP contribution in [0.2, 0.25) is 0 Å². The number of ether oxygens (including phenoxy) is 2. The largest absolute Gasteiger partial charge is 0.396 e. The molecule has 0 atom stereocenters. The van der Waals surface area contributed by atoms with Crippen LogP contribution < -0.4 is 0 Å². The summed E-state index contributed by atoms with van der Waals surface area (Å²) in [6.07, 6.45) is 1.53. The molecule has 1 aliphatic rings. The van der Waals surface area contributed by atoms with Crippen LogP contribution >= 0.6 is 0 Å². The van der Waals surface area contributed by atoms with Crippen LogP contribution in [-0.2, 0) is 9.47 Å². The Bertz CT molecular complexity index is 97.0. The van der Waals surface area contributed by atoms with Gasteiger partial charge in [-0.25, -0.2) is 0 Å². The van der Waals surface area contributed by atoms with E-state index in [4.69, 9.17) is 14.6 Å². The second kappa shape index (κ2) is 3.32. The highest BCUT2D eigenvalue weighted by molar-refractivity contribution is 4.67. The average molecular weight is 146 g/mol. The minimum Gasteiger partial charge on any atom is -0.396 e. The van der Waals surface area contributed by atoms with Crippen LogP contribution in [0.15, 0.2) is 0 Å². The zero-order chi connectivity index (χ0) is 7.45. The van der Waals surface area contributed by atoms with Gasteiger partial charge in [-0.05, 0) is 13.3 Å². The molecule has 0 radical (unpaired) electrons. The molecular formula is C7H14O3. The summed E-state index contributed by atoms with van der Waals surface area (Å²) in [7, 11) is 0. The lowest BCUT2D eigenvalue weighted by molar-refractivity contribution is -0.148. The number of aliphatic hydroxyl groups excluding tert-OH is 1. The highest BCUT2D eigenvalue weighted by Gasteiger charge is 2.29. The Hall–Kier alpha value is -0.120. The van der Waals surface area contributed by atoms with Crippen molar-refractivity contribution in [2.45, 2.75) is 25.6 Å². The highest BCUT2D eigenvalue weighted by atomic mass is 16.7. The first-order valence-corrected chi connectivity index (χ1v) is 3.66. The van der Waals surface area contributed by atoms with Crippen LogP contribution in [0.4, 0.5) is 0 Å². The van der Waals surface area contributed by atoms with Crippen molar-refractivity contribution >= 4 is 0 Å². The van der Waals surface area contributed by atoms with E-state index in [0.717, 1.165) is 12.8 Å². The molecule has 1 saturated heterocycles. The van der Waals surface area contributed by atoms with Gasteiger partial charge in [-0.3, -0.25) is 0 Å². The summed E-state index contributed by atoms with van der Waals surface area (Å²) >= 11 is 0. The zero-order valence-corrected chi connectivity index (χ0v) is 6.30. The van der Waals surface area contributed by atoms with Crippen LogP contribution in [0.5, 0.6) is 0 Å². The van der Waals surface area contributed by atoms with Crippen LogP contribution in [0.1, 0.15) is 19.8 Å². The molecule has 0 aromatic heterocycles. The molecule has 1 rings (SSSR count). The van der Waals surface area contributed by atoms with Gasteiger partial charge in [-0.15, -0.1) is 0 Å². The van der Waals surface area contributed by atoms with E-state index in [0.29, 0.717) is 13.2 Å². The van der Waals surface area contributed by atoms with Crippen molar-refractivity contribution < 1.29 is 14.6 Å². The van der Waals surface area contributed by atoms with Crippen LogP contribution in [-0.4, -0.2) is 30.7 Å². The minimum absolute atomic E-state index is 0.211. The van der Waals surface area contributed by atoms with Gasteiger partial charge in [0, 0.05) is 13.0 Å². The summed E-state index contributed by atoms with van der Waals surface area (Å²) in [5, 5.41) is 8.53. The second-order valence-electron chi connectivity index (χ2n) is 2.66. The van der Waals surface area contributed by atoms with Crippen molar-refractivity contribution in [2.24, 2.45) is 0 Å². The number of rotatable bonds is 3. The molecule has 1 N–H and O–H groups in total. The van der Waals surface area contributed by atoms with Gasteiger partial charge in [-0.1, -0.05) is 0 Å². The maximum absolute atomic E-state index is 8.53. The van der Waals surface area contributed by atoms with Crippen molar-refractivity contribution in [3.63, 3.8) is 0 Å². The molecule has 0 aliphatic carbocycles. The van der Waals surface area contributed by atoms with E-state index < -0.39 is 5.79 Å². The Kier molecular flexibility index (Phi) is 2.65. The van der Waals surface area contributed by atoms with Crippen LogP contribution in [0, 0.1) is 0 Å². The van der Waals surface area contributed by atoms with Crippen molar-refractivity contribution in [1.29, 1.82) is 0 Å². The molecule has 0 unspecified atom stereocenters. The minimum atomic E-state index is -0.414. The zero-order valence-electron chi connectivity index (χ0n) is 6.30. The second-order valence-corrected chi connectivity index (χ2v) is 2.66. The number of aliphatic hydroxyl groups is 1. The Morgan fingerprint density at radius 3 is 2.50 bits per heavy atom. The normalized spacial score (nSPS) is 23.4. The first-order valence-electron chi connectivity index (χ1n) is 3.66. The molecular weight excluding hydrogens is 132 g/mol. The summed E-state index contributed by atoms with van der Waals surface area (Å²) in [4.78, 5) is 0. The summed E-state index contributed by atoms with van der Waals surface area (Å²) in [6.45, 7) is 3.49. The first-order chi connectivity index (χ1) is 4.77. The van der Waals surface area contributed by atoms with Crippen molar-refractivity contribution in [2.75, 3.05) is 19.8 Å². The quantitative estimate of drug-likeness (QED) is 0.631. The molecule has 0 bridgehead atoms. The van der Waals surface area contributed by atoms with Gasteiger partial charge < -0.3 is 14.6 Å². The van der Waals surface area contributed by atoms with Gasteiger partial charge in [0.05, 0.1) is 13.2 Å². The molecule has 3 heteroatoms. The molecule has 0 spiro atoms. The Morgan fingerprint density at radius 1 is 1.40 bits per heavy atom. The van der Waals surface area contributed by atoms with Crippen LogP contribution in [0.3, 0.4) is 0 Å². The first kappa shape index (κ1) is 7.98. The van der Waals surface area contributed by atoms with Gasteiger partial charge in [0.25, 0.3) is 0 Å². The Balaban J connectivity index is 2.22. The van der Waals surface area contributed by atoms with Gasteiger partial charge >= 0.3 is 0 Å². The standard InChI is InChI=1S/C7H14O3/c1-7(3-2-4-8)9-5-6-10-7/h8H,2-6H2,1H3. The fourth-order valence-electron chi connectivity index (χ4n) is 1.10. The van der Waals surface area contributed by atoms with Gasteiger partial charge in [-0.2, -0.15) is 0 Å². The predicted molar refractivity (Wildman–Crippen MR) is 36.6 cm³/mol.